The first-order valence-electron chi connectivity index (χ1n) is 12.3. The van der Waals surface area contributed by atoms with Crippen molar-refractivity contribution in [2.75, 3.05) is 31.1 Å². The number of aliphatic hydroxyl groups is 1. The molecule has 0 aliphatic carbocycles. The minimum absolute atomic E-state index is 0.0254. The molecule has 0 amide bonds. The number of β-amino-alcohol motifs (C(OH)–C–C–N with tert-alkyl or cyclic N) is 1. The van der Waals surface area contributed by atoms with Crippen LogP contribution in [0.5, 0.6) is 5.75 Å². The summed E-state index contributed by atoms with van der Waals surface area (Å²) in [5.41, 5.74) is 3.83. The second-order valence-corrected chi connectivity index (χ2v) is 10.5. The van der Waals surface area contributed by atoms with E-state index in [0.717, 1.165) is 23.2 Å². The zero-order valence-electron chi connectivity index (χ0n) is 21.3. The molecule has 0 radical (unpaired) electrons. The van der Waals surface area contributed by atoms with E-state index in [4.69, 9.17) is 10.1 Å². The number of nitrogens with one attached hydrogen (secondary N) is 1. The molecule has 192 valence electrons. The second kappa shape index (κ2) is 9.89. The molecule has 36 heavy (non-hydrogen) atoms. The summed E-state index contributed by atoms with van der Waals surface area (Å²) in [4.78, 5) is 33.1. The molecule has 0 bridgehead atoms. The van der Waals surface area contributed by atoms with Gasteiger partial charge >= 0.3 is 5.97 Å². The molecule has 1 fully saturated rings. The van der Waals surface area contributed by atoms with Crippen molar-refractivity contribution in [3.8, 4) is 5.75 Å². The number of aromatic nitrogens is 1. The van der Waals surface area contributed by atoms with Gasteiger partial charge in [-0.05, 0) is 36.5 Å². The third-order valence-electron chi connectivity index (χ3n) is 6.68. The molecule has 0 spiro atoms. The van der Waals surface area contributed by atoms with Crippen molar-refractivity contribution < 1.29 is 24.5 Å². The molecule has 2 aliphatic rings. The average molecular weight is 495 g/mol. The number of carboxylic acid groups (broad SMARTS) is 1. The van der Waals surface area contributed by atoms with Gasteiger partial charge in [-0.2, -0.15) is 0 Å². The predicted octanol–water partition coefficient (Wildman–Crippen LogP) is 3.00. The summed E-state index contributed by atoms with van der Waals surface area (Å²) in [6.45, 7) is 8.89. The van der Waals surface area contributed by atoms with Crippen LogP contribution in [0.1, 0.15) is 67.0 Å². The van der Waals surface area contributed by atoms with Crippen LogP contribution in [0.2, 0.25) is 0 Å². The number of pyridine rings is 1. The van der Waals surface area contributed by atoms with Crippen molar-refractivity contribution in [1.82, 2.24) is 9.88 Å². The van der Waals surface area contributed by atoms with Gasteiger partial charge in [-0.25, -0.2) is 9.78 Å². The minimum Gasteiger partial charge on any atom is -0.479 e. The highest BCUT2D eigenvalue weighted by atomic mass is 16.5. The number of fused-ring (bicyclic) bond motifs is 1. The lowest BCUT2D eigenvalue weighted by atomic mass is 9.84. The Labute approximate surface area is 211 Å². The van der Waals surface area contributed by atoms with Crippen LogP contribution in [0.15, 0.2) is 24.3 Å². The quantitative estimate of drug-likeness (QED) is 0.478. The number of hydrogen-bond acceptors (Lipinski definition) is 7. The Morgan fingerprint density at radius 1 is 1.25 bits per heavy atom. The van der Waals surface area contributed by atoms with E-state index in [0.29, 0.717) is 48.7 Å². The first-order chi connectivity index (χ1) is 17.0. The molecule has 0 saturated carbocycles. The van der Waals surface area contributed by atoms with Crippen molar-refractivity contribution >= 4 is 23.3 Å². The Hall–Kier alpha value is -3.46. The Morgan fingerprint density at radius 3 is 2.61 bits per heavy atom. The third-order valence-corrected chi connectivity index (χ3v) is 6.68. The summed E-state index contributed by atoms with van der Waals surface area (Å²) in [6, 6.07) is 7.44. The topological polar surface area (TPSA) is 127 Å². The summed E-state index contributed by atoms with van der Waals surface area (Å²) in [5.74, 6) is -0.573. The number of ether oxygens (including phenoxy) is 1. The normalized spacial score (nSPS) is 17.5. The summed E-state index contributed by atoms with van der Waals surface area (Å²) >= 11 is 0. The van der Waals surface area contributed by atoms with Crippen LogP contribution in [0.3, 0.4) is 0 Å². The molecular weight excluding hydrogens is 460 g/mol. The number of benzene rings is 1. The number of nitrogens with zero attached hydrogens (tertiary/aromatic N) is 3. The standard InChI is InChI=1S/C27H34N4O5/c1-5-18-7-6-16-12-31(26(28)24(16)29-18)14-22(33)17-10-20(27(2,3)4)25(36-15-23(34)35)21(11-17)30-9-8-19(32)13-30/h6-7,10-11,19,28,32H,5,8-9,12-15H2,1-4H3,(H,34,35). The number of Topliss-reactive ketones (excluding diaryl/α,β-unsaturated/α-hetero) is 1. The largest absolute Gasteiger partial charge is 0.479 e. The van der Waals surface area contributed by atoms with Crippen LogP contribution in [-0.2, 0) is 23.2 Å². The van der Waals surface area contributed by atoms with Crippen molar-refractivity contribution in [3.63, 3.8) is 0 Å². The SMILES string of the molecule is CCc1ccc2c(n1)C(=N)N(CC(=O)c1cc(N3CCC(O)C3)c(OCC(=O)O)c(C(C)(C)C)c1)C2. The number of ketones is 1. The molecule has 3 N–H and O–H groups in total. The van der Waals surface area contributed by atoms with E-state index in [-0.39, 0.29) is 18.2 Å². The highest BCUT2D eigenvalue weighted by Crippen LogP contribution is 2.41. The maximum atomic E-state index is 13.5. The summed E-state index contributed by atoms with van der Waals surface area (Å²) < 4.78 is 5.77. The zero-order chi connectivity index (χ0) is 26.2. The molecule has 1 saturated heterocycles. The number of anilines is 1. The van der Waals surface area contributed by atoms with Gasteiger partial charge in [-0.3, -0.25) is 10.2 Å². The van der Waals surface area contributed by atoms with Crippen LogP contribution in [-0.4, -0.2) is 70.0 Å². The van der Waals surface area contributed by atoms with E-state index < -0.39 is 24.1 Å². The Kier molecular flexibility index (Phi) is 7.04. The lowest BCUT2D eigenvalue weighted by Crippen LogP contribution is -2.31. The van der Waals surface area contributed by atoms with Gasteiger partial charge in [0.25, 0.3) is 0 Å². The van der Waals surface area contributed by atoms with Gasteiger partial charge in [0.1, 0.15) is 17.3 Å². The number of carbonyl (C=O) groups excluding carboxylic acids is 1. The minimum atomic E-state index is -1.09. The Balaban J connectivity index is 1.68. The number of aryl methyl sites for hydroxylation is 1. The van der Waals surface area contributed by atoms with Crippen molar-refractivity contribution in [2.24, 2.45) is 0 Å². The van der Waals surface area contributed by atoms with Gasteiger partial charge in [0, 0.05) is 42.0 Å². The highest BCUT2D eigenvalue weighted by molar-refractivity contribution is 6.05. The molecule has 2 aliphatic heterocycles. The Bertz CT molecular complexity index is 1200. The highest BCUT2D eigenvalue weighted by Gasteiger charge is 2.32. The fourth-order valence-electron chi connectivity index (χ4n) is 4.70. The second-order valence-electron chi connectivity index (χ2n) is 10.5. The van der Waals surface area contributed by atoms with Gasteiger partial charge in [0.15, 0.2) is 12.4 Å². The van der Waals surface area contributed by atoms with Crippen LogP contribution in [0, 0.1) is 5.41 Å². The molecular formula is C27H34N4O5. The number of rotatable bonds is 8. The van der Waals surface area contributed by atoms with E-state index in [2.05, 4.69) is 4.98 Å². The van der Waals surface area contributed by atoms with Crippen molar-refractivity contribution in [3.05, 3.63) is 52.3 Å². The lowest BCUT2D eigenvalue weighted by Gasteiger charge is -2.29. The maximum absolute atomic E-state index is 13.5. The Morgan fingerprint density at radius 2 is 2.00 bits per heavy atom. The molecule has 1 aromatic heterocycles. The van der Waals surface area contributed by atoms with Gasteiger partial charge < -0.3 is 24.7 Å². The van der Waals surface area contributed by atoms with Gasteiger partial charge in [0.05, 0.1) is 18.3 Å². The fraction of sp³-hybridized carbons (Fsp3) is 0.481. The van der Waals surface area contributed by atoms with Gasteiger partial charge in [-0.1, -0.05) is 33.8 Å². The van der Waals surface area contributed by atoms with Crippen LogP contribution < -0.4 is 9.64 Å². The number of aliphatic carboxylic acids is 1. The van der Waals surface area contributed by atoms with E-state index in [1.54, 1.807) is 17.0 Å². The van der Waals surface area contributed by atoms with Crippen LogP contribution >= 0.6 is 0 Å². The lowest BCUT2D eigenvalue weighted by molar-refractivity contribution is -0.139. The van der Waals surface area contributed by atoms with E-state index in [1.807, 2.05) is 44.7 Å². The zero-order valence-corrected chi connectivity index (χ0v) is 21.3. The third kappa shape index (κ3) is 5.21. The summed E-state index contributed by atoms with van der Waals surface area (Å²) in [5, 5.41) is 28.0. The molecule has 3 heterocycles. The number of aliphatic hydroxyl groups excluding tert-OH is 1. The van der Waals surface area contributed by atoms with Crippen molar-refractivity contribution in [1.29, 1.82) is 5.41 Å². The molecule has 9 heteroatoms. The van der Waals surface area contributed by atoms with Gasteiger partial charge in [0.2, 0.25) is 0 Å². The summed E-state index contributed by atoms with van der Waals surface area (Å²) in [7, 11) is 0. The van der Waals surface area contributed by atoms with E-state index >= 15 is 0 Å². The molecule has 1 aromatic carbocycles. The summed E-state index contributed by atoms with van der Waals surface area (Å²) in [6.07, 6.45) is 0.857. The molecule has 4 rings (SSSR count). The fourth-order valence-corrected chi connectivity index (χ4v) is 4.70. The molecule has 2 aromatic rings. The number of hydrogen-bond donors (Lipinski definition) is 3. The first-order valence-corrected chi connectivity index (χ1v) is 12.3. The number of amidine groups is 1. The van der Waals surface area contributed by atoms with Gasteiger partial charge in [-0.15, -0.1) is 0 Å². The number of carbonyl (C=O) groups is 2. The smallest absolute Gasteiger partial charge is 0.341 e. The van der Waals surface area contributed by atoms with Crippen molar-refractivity contribution in [2.45, 2.75) is 58.6 Å². The first kappa shape index (κ1) is 25.6. The molecule has 1 atom stereocenters. The molecule has 1 unspecified atom stereocenters. The predicted molar refractivity (Wildman–Crippen MR) is 136 cm³/mol. The average Bonchev–Trinajstić information content (AvgIpc) is 3.39. The number of carboxylic acids is 1. The van der Waals surface area contributed by atoms with E-state index in [1.165, 1.54) is 0 Å². The monoisotopic (exact) mass is 494 g/mol. The van der Waals surface area contributed by atoms with E-state index in [9.17, 15) is 19.8 Å². The molecule has 9 nitrogen and oxygen atoms in total. The maximum Gasteiger partial charge on any atom is 0.341 e. The van der Waals surface area contributed by atoms with Crippen LogP contribution in [0.25, 0.3) is 0 Å². The van der Waals surface area contributed by atoms with Crippen LogP contribution in [0.4, 0.5) is 5.69 Å².